The first-order valence-electron chi connectivity index (χ1n) is 22.2. The second kappa shape index (κ2) is 13.4. The van der Waals surface area contributed by atoms with Gasteiger partial charge in [0, 0.05) is 37.1 Å². The SMILES string of the molecule is Cc1ccc2c(c1)c1ccccc1c1cc3c(cc21)sc1ccc(N(c2cccc(-c4ccccc4)c2)c2cccc4c2-c2ccccc2C42c4ccccc4-c4ccccc42)cc13. The number of hydrogen-bond donors (Lipinski definition) is 0. The molecule has 1 heterocycles. The summed E-state index contributed by atoms with van der Waals surface area (Å²) in [6, 6.07) is 82.2. The van der Waals surface area contributed by atoms with Crippen molar-refractivity contribution in [1.82, 2.24) is 0 Å². The molecule has 1 aromatic heterocycles. The summed E-state index contributed by atoms with van der Waals surface area (Å²) in [5.74, 6) is 0. The Morgan fingerprint density at radius 1 is 0.344 bits per heavy atom. The van der Waals surface area contributed by atoms with E-state index in [1.54, 1.807) is 0 Å². The van der Waals surface area contributed by atoms with Crippen molar-refractivity contribution in [1.29, 1.82) is 0 Å². The summed E-state index contributed by atoms with van der Waals surface area (Å²) in [6.45, 7) is 2.19. The smallest absolute Gasteiger partial charge is 0.0726 e. The lowest BCUT2D eigenvalue weighted by atomic mass is 9.70. The molecule has 0 radical (unpaired) electrons. The van der Waals surface area contributed by atoms with Crippen LogP contribution in [0.15, 0.2) is 218 Å². The highest BCUT2D eigenvalue weighted by Gasteiger charge is 2.52. The molecule has 0 aliphatic heterocycles. The molecule has 0 amide bonds. The van der Waals surface area contributed by atoms with Crippen LogP contribution in [0, 0.1) is 6.92 Å². The highest BCUT2D eigenvalue weighted by atomic mass is 32.1. The third kappa shape index (κ3) is 4.83. The van der Waals surface area contributed by atoms with Gasteiger partial charge in [0.2, 0.25) is 0 Å². The Kier molecular flexibility index (Phi) is 7.47. The van der Waals surface area contributed by atoms with Gasteiger partial charge in [-0.1, -0.05) is 175 Å². The van der Waals surface area contributed by atoms with Gasteiger partial charge >= 0.3 is 0 Å². The maximum absolute atomic E-state index is 2.53. The fourth-order valence-corrected chi connectivity index (χ4v) is 12.8. The second-order valence-electron chi connectivity index (χ2n) is 17.6. The summed E-state index contributed by atoms with van der Waals surface area (Å²) < 4.78 is 2.60. The lowest BCUT2D eigenvalue weighted by molar-refractivity contribution is 0.794. The number of fused-ring (bicyclic) bond motifs is 19. The molecule has 1 spiro atoms. The van der Waals surface area contributed by atoms with E-state index in [1.807, 2.05) is 11.3 Å². The van der Waals surface area contributed by atoms with Crippen LogP contribution in [-0.2, 0) is 5.41 Å². The van der Waals surface area contributed by atoms with E-state index in [1.165, 1.54) is 119 Å². The largest absolute Gasteiger partial charge is 0.310 e. The molecule has 2 aliphatic carbocycles. The van der Waals surface area contributed by atoms with Crippen molar-refractivity contribution >= 4 is 80.9 Å². The molecule has 1 nitrogen and oxygen atoms in total. The molecule has 2 aliphatic rings. The van der Waals surface area contributed by atoms with Gasteiger partial charge in [0.15, 0.2) is 0 Å². The van der Waals surface area contributed by atoms with Crippen molar-refractivity contribution in [3.63, 3.8) is 0 Å². The summed E-state index contributed by atoms with van der Waals surface area (Å²) >= 11 is 1.90. The summed E-state index contributed by atoms with van der Waals surface area (Å²) in [6.07, 6.45) is 0. The van der Waals surface area contributed by atoms with Crippen molar-refractivity contribution in [2.24, 2.45) is 0 Å². The molecule has 2 heteroatoms. The Labute approximate surface area is 375 Å². The van der Waals surface area contributed by atoms with Crippen molar-refractivity contribution in [2.75, 3.05) is 4.90 Å². The van der Waals surface area contributed by atoms with E-state index < -0.39 is 5.41 Å². The molecular weight excluding hydrogens is 791 g/mol. The van der Waals surface area contributed by atoms with Crippen LogP contribution in [0.2, 0.25) is 0 Å². The Hall–Kier alpha value is -7.78. The Morgan fingerprint density at radius 3 is 1.67 bits per heavy atom. The van der Waals surface area contributed by atoms with Crippen LogP contribution in [0.3, 0.4) is 0 Å². The molecule has 0 unspecified atom stereocenters. The summed E-state index contributed by atoms with van der Waals surface area (Å²) in [5.41, 5.74) is 17.2. The number of benzene rings is 11. The lowest BCUT2D eigenvalue weighted by Gasteiger charge is -2.32. The molecule has 0 fully saturated rings. The molecule has 12 aromatic rings. The van der Waals surface area contributed by atoms with Gasteiger partial charge in [0.25, 0.3) is 0 Å². The van der Waals surface area contributed by atoms with E-state index in [2.05, 4.69) is 230 Å². The van der Waals surface area contributed by atoms with E-state index in [4.69, 9.17) is 0 Å². The minimum atomic E-state index is -0.438. The predicted octanol–water partition coefficient (Wildman–Crippen LogP) is 17.3. The second-order valence-corrected chi connectivity index (χ2v) is 18.7. The molecule has 0 saturated carbocycles. The van der Waals surface area contributed by atoms with Gasteiger partial charge in [-0.15, -0.1) is 11.3 Å². The third-order valence-corrected chi connectivity index (χ3v) is 15.4. The zero-order valence-corrected chi connectivity index (χ0v) is 36.0. The van der Waals surface area contributed by atoms with Gasteiger partial charge in [-0.05, 0) is 138 Å². The minimum absolute atomic E-state index is 0.438. The van der Waals surface area contributed by atoms with E-state index in [0.717, 1.165) is 11.4 Å². The zero-order valence-electron chi connectivity index (χ0n) is 35.1. The fourth-order valence-electron chi connectivity index (χ4n) is 11.7. The molecule has 0 atom stereocenters. The maximum Gasteiger partial charge on any atom is 0.0726 e. The Morgan fingerprint density at radius 2 is 0.906 bits per heavy atom. The first-order valence-corrected chi connectivity index (χ1v) is 23.1. The van der Waals surface area contributed by atoms with Crippen molar-refractivity contribution in [3.8, 4) is 33.4 Å². The fraction of sp³-hybridized carbons (Fsp3) is 0.0323. The van der Waals surface area contributed by atoms with Crippen molar-refractivity contribution in [2.45, 2.75) is 12.3 Å². The summed E-state index contributed by atoms with van der Waals surface area (Å²) in [7, 11) is 0. The predicted molar refractivity (Wildman–Crippen MR) is 273 cm³/mol. The van der Waals surface area contributed by atoms with Gasteiger partial charge in [-0.3, -0.25) is 0 Å². The molecule has 298 valence electrons. The zero-order chi connectivity index (χ0) is 42.1. The van der Waals surface area contributed by atoms with E-state index >= 15 is 0 Å². The van der Waals surface area contributed by atoms with Crippen LogP contribution in [0.5, 0.6) is 0 Å². The van der Waals surface area contributed by atoms with Gasteiger partial charge < -0.3 is 4.90 Å². The molecule has 0 saturated heterocycles. The molecule has 0 N–H and O–H groups in total. The topological polar surface area (TPSA) is 3.24 Å². The maximum atomic E-state index is 2.53. The van der Waals surface area contributed by atoms with Crippen LogP contribution in [-0.4, -0.2) is 0 Å². The average molecular weight is 830 g/mol. The van der Waals surface area contributed by atoms with Crippen LogP contribution < -0.4 is 4.90 Å². The number of nitrogens with zero attached hydrogens (tertiary/aromatic N) is 1. The van der Waals surface area contributed by atoms with E-state index in [0.29, 0.717) is 0 Å². The van der Waals surface area contributed by atoms with Crippen molar-refractivity contribution in [3.05, 3.63) is 246 Å². The molecule has 0 bridgehead atoms. The number of anilines is 3. The molecular formula is C62H39NS. The normalized spacial score (nSPS) is 13.2. The van der Waals surface area contributed by atoms with Crippen LogP contribution in [0.1, 0.15) is 27.8 Å². The van der Waals surface area contributed by atoms with Crippen molar-refractivity contribution < 1.29 is 0 Å². The standard InChI is InChI=1S/C62H39NS/c1-38-29-31-45-49(33-38)43-19-5-6-20-44(43)50-36-53-52-35-42(30-32-59(52)64-60(53)37-51(45)50)63(41-18-13-17-40(34-41)39-15-3-2-4-16-39)58-28-14-27-57-61(58)48-23-9-12-26-56(48)62(57)54-24-10-7-21-46(54)47-22-8-11-25-55(47)62/h2-37H,1H3. The van der Waals surface area contributed by atoms with Crippen LogP contribution in [0.25, 0.3) is 85.9 Å². The van der Waals surface area contributed by atoms with Gasteiger partial charge in [-0.2, -0.15) is 0 Å². The Bertz CT molecular complexity index is 3880. The van der Waals surface area contributed by atoms with Crippen LogP contribution in [0.4, 0.5) is 17.1 Å². The number of aryl methyl sites for hydroxylation is 1. The van der Waals surface area contributed by atoms with Gasteiger partial charge in [0.1, 0.15) is 0 Å². The first-order chi connectivity index (χ1) is 31.6. The van der Waals surface area contributed by atoms with Crippen LogP contribution >= 0.6 is 11.3 Å². The number of hydrogen-bond acceptors (Lipinski definition) is 2. The number of thiophene rings is 1. The average Bonchev–Trinajstić information content (AvgIpc) is 3.98. The summed E-state index contributed by atoms with van der Waals surface area (Å²) in [5, 5.41) is 10.4. The van der Waals surface area contributed by atoms with Gasteiger partial charge in [0.05, 0.1) is 11.1 Å². The molecule has 14 rings (SSSR count). The minimum Gasteiger partial charge on any atom is -0.310 e. The lowest BCUT2D eigenvalue weighted by Crippen LogP contribution is -2.26. The van der Waals surface area contributed by atoms with E-state index in [9.17, 15) is 0 Å². The quantitative estimate of drug-likeness (QED) is 0.160. The monoisotopic (exact) mass is 829 g/mol. The molecule has 64 heavy (non-hydrogen) atoms. The molecule has 11 aromatic carbocycles. The highest BCUT2D eigenvalue weighted by Crippen LogP contribution is 2.64. The van der Waals surface area contributed by atoms with Gasteiger partial charge in [-0.25, -0.2) is 0 Å². The third-order valence-electron chi connectivity index (χ3n) is 14.3. The summed E-state index contributed by atoms with van der Waals surface area (Å²) in [4.78, 5) is 2.53. The highest BCUT2D eigenvalue weighted by molar-refractivity contribution is 7.25. The van der Waals surface area contributed by atoms with E-state index in [-0.39, 0.29) is 0 Å². The Balaban J connectivity index is 1.05. The first kappa shape index (κ1) is 35.8. The number of rotatable bonds is 4.